The van der Waals surface area contributed by atoms with Crippen molar-refractivity contribution < 1.29 is 9.90 Å². The SMILES string of the molecule is Cc1ccc(C(=O)O)c(CCCBr)c1. The molecule has 0 aromatic heterocycles. The van der Waals surface area contributed by atoms with Crippen molar-refractivity contribution in [2.75, 3.05) is 5.33 Å². The summed E-state index contributed by atoms with van der Waals surface area (Å²) in [5, 5.41) is 9.85. The van der Waals surface area contributed by atoms with Crippen molar-refractivity contribution in [3.63, 3.8) is 0 Å². The predicted molar refractivity (Wildman–Crippen MR) is 60.3 cm³/mol. The van der Waals surface area contributed by atoms with Crippen LogP contribution in [0.4, 0.5) is 0 Å². The summed E-state index contributed by atoms with van der Waals surface area (Å²) < 4.78 is 0. The van der Waals surface area contributed by atoms with Gasteiger partial charge in [-0.05, 0) is 31.4 Å². The predicted octanol–water partition coefficient (Wildman–Crippen LogP) is 3.02. The Morgan fingerprint density at radius 2 is 2.21 bits per heavy atom. The minimum atomic E-state index is -0.838. The van der Waals surface area contributed by atoms with Crippen molar-refractivity contribution in [2.45, 2.75) is 19.8 Å². The van der Waals surface area contributed by atoms with Gasteiger partial charge in [0.25, 0.3) is 0 Å². The van der Waals surface area contributed by atoms with Crippen LogP contribution in [-0.4, -0.2) is 16.4 Å². The van der Waals surface area contributed by atoms with Gasteiger partial charge in [-0.1, -0.05) is 33.6 Å². The topological polar surface area (TPSA) is 37.3 Å². The van der Waals surface area contributed by atoms with Gasteiger partial charge in [0.15, 0.2) is 0 Å². The quantitative estimate of drug-likeness (QED) is 0.842. The van der Waals surface area contributed by atoms with Crippen molar-refractivity contribution in [1.82, 2.24) is 0 Å². The van der Waals surface area contributed by atoms with Crippen LogP contribution < -0.4 is 0 Å². The zero-order valence-corrected chi connectivity index (χ0v) is 9.67. The van der Waals surface area contributed by atoms with Crippen LogP contribution in [-0.2, 0) is 6.42 Å². The molecule has 0 fully saturated rings. The lowest BCUT2D eigenvalue weighted by molar-refractivity contribution is 0.0695. The number of hydrogen-bond donors (Lipinski definition) is 1. The Kier molecular flexibility index (Phi) is 4.14. The van der Waals surface area contributed by atoms with E-state index in [1.54, 1.807) is 6.07 Å². The van der Waals surface area contributed by atoms with Crippen LogP contribution in [0.1, 0.15) is 27.9 Å². The first-order chi connectivity index (χ1) is 6.65. The number of alkyl halides is 1. The minimum absolute atomic E-state index is 0.427. The van der Waals surface area contributed by atoms with Gasteiger partial charge in [0.05, 0.1) is 5.56 Å². The van der Waals surface area contributed by atoms with Gasteiger partial charge in [-0.2, -0.15) is 0 Å². The lowest BCUT2D eigenvalue weighted by Gasteiger charge is -2.05. The van der Waals surface area contributed by atoms with Gasteiger partial charge >= 0.3 is 5.97 Å². The molecule has 0 saturated heterocycles. The molecule has 0 atom stereocenters. The van der Waals surface area contributed by atoms with Crippen molar-refractivity contribution in [1.29, 1.82) is 0 Å². The average molecular weight is 257 g/mol. The van der Waals surface area contributed by atoms with Gasteiger partial charge in [0.2, 0.25) is 0 Å². The molecule has 0 bridgehead atoms. The van der Waals surface area contributed by atoms with E-state index in [9.17, 15) is 4.79 Å². The first-order valence-corrected chi connectivity index (χ1v) is 5.66. The van der Waals surface area contributed by atoms with E-state index in [0.717, 1.165) is 29.3 Å². The summed E-state index contributed by atoms with van der Waals surface area (Å²) in [7, 11) is 0. The Hall–Kier alpha value is -0.830. The van der Waals surface area contributed by atoms with Crippen LogP contribution in [0.15, 0.2) is 18.2 Å². The molecule has 2 nitrogen and oxygen atoms in total. The summed E-state index contributed by atoms with van der Waals surface area (Å²) in [5.41, 5.74) is 2.47. The zero-order valence-electron chi connectivity index (χ0n) is 8.09. The van der Waals surface area contributed by atoms with E-state index in [-0.39, 0.29) is 0 Å². The monoisotopic (exact) mass is 256 g/mol. The molecular weight excluding hydrogens is 244 g/mol. The number of carboxylic acid groups (broad SMARTS) is 1. The molecule has 0 unspecified atom stereocenters. The largest absolute Gasteiger partial charge is 0.478 e. The smallest absolute Gasteiger partial charge is 0.335 e. The van der Waals surface area contributed by atoms with Crippen LogP contribution in [0, 0.1) is 6.92 Å². The van der Waals surface area contributed by atoms with E-state index < -0.39 is 5.97 Å². The molecule has 0 aliphatic carbocycles. The van der Waals surface area contributed by atoms with Crippen molar-refractivity contribution in [3.8, 4) is 0 Å². The maximum absolute atomic E-state index is 10.9. The Labute approximate surface area is 92.1 Å². The Balaban J connectivity index is 2.97. The van der Waals surface area contributed by atoms with Gasteiger partial charge < -0.3 is 5.11 Å². The zero-order chi connectivity index (χ0) is 10.6. The number of halogens is 1. The van der Waals surface area contributed by atoms with Crippen molar-refractivity contribution in [3.05, 3.63) is 34.9 Å². The molecule has 1 rings (SSSR count). The summed E-state index contributed by atoms with van der Waals surface area (Å²) in [5.74, 6) is -0.838. The number of carboxylic acids is 1. The van der Waals surface area contributed by atoms with E-state index >= 15 is 0 Å². The fraction of sp³-hybridized carbons (Fsp3) is 0.364. The molecule has 0 saturated carbocycles. The Morgan fingerprint density at radius 3 is 2.79 bits per heavy atom. The van der Waals surface area contributed by atoms with Gasteiger partial charge in [0, 0.05) is 5.33 Å². The molecule has 1 aromatic rings. The standard InChI is InChI=1S/C11H13BrO2/c1-8-4-5-10(11(13)14)9(7-8)3-2-6-12/h4-5,7H,2-3,6H2,1H3,(H,13,14). The molecule has 3 heteroatoms. The van der Waals surface area contributed by atoms with Crippen molar-refractivity contribution >= 4 is 21.9 Å². The fourth-order valence-corrected chi connectivity index (χ4v) is 1.68. The molecule has 0 aliphatic rings. The highest BCUT2D eigenvalue weighted by Gasteiger charge is 2.08. The third kappa shape index (κ3) is 2.84. The van der Waals surface area contributed by atoms with Crippen LogP contribution in [0.2, 0.25) is 0 Å². The van der Waals surface area contributed by atoms with Gasteiger partial charge in [-0.15, -0.1) is 0 Å². The third-order valence-corrected chi connectivity index (χ3v) is 2.63. The highest BCUT2D eigenvalue weighted by Crippen LogP contribution is 2.14. The molecule has 76 valence electrons. The second-order valence-corrected chi connectivity index (χ2v) is 4.05. The maximum atomic E-state index is 10.9. The molecule has 1 aromatic carbocycles. The van der Waals surface area contributed by atoms with E-state index in [0.29, 0.717) is 5.56 Å². The van der Waals surface area contributed by atoms with E-state index in [2.05, 4.69) is 15.9 Å². The summed E-state index contributed by atoms with van der Waals surface area (Å²) in [6, 6.07) is 5.47. The molecule has 0 amide bonds. The number of rotatable bonds is 4. The maximum Gasteiger partial charge on any atom is 0.335 e. The van der Waals surface area contributed by atoms with Crippen LogP contribution in [0.25, 0.3) is 0 Å². The molecule has 0 aliphatic heterocycles. The van der Waals surface area contributed by atoms with E-state index in [1.165, 1.54) is 0 Å². The molecule has 1 N–H and O–H groups in total. The molecule has 0 spiro atoms. The number of hydrogen-bond acceptors (Lipinski definition) is 1. The highest BCUT2D eigenvalue weighted by atomic mass is 79.9. The molecule has 14 heavy (non-hydrogen) atoms. The van der Waals surface area contributed by atoms with Crippen LogP contribution >= 0.6 is 15.9 Å². The highest BCUT2D eigenvalue weighted by molar-refractivity contribution is 9.09. The summed E-state index contributed by atoms with van der Waals surface area (Å²) >= 11 is 3.34. The minimum Gasteiger partial charge on any atom is -0.478 e. The van der Waals surface area contributed by atoms with Crippen LogP contribution in [0.3, 0.4) is 0 Å². The average Bonchev–Trinajstić information content (AvgIpc) is 2.14. The van der Waals surface area contributed by atoms with Gasteiger partial charge in [-0.25, -0.2) is 4.79 Å². The lowest BCUT2D eigenvalue weighted by Crippen LogP contribution is -2.03. The number of carbonyl (C=O) groups is 1. The first kappa shape index (κ1) is 11.2. The third-order valence-electron chi connectivity index (χ3n) is 2.07. The van der Waals surface area contributed by atoms with Gasteiger partial charge in [-0.3, -0.25) is 0 Å². The van der Waals surface area contributed by atoms with Gasteiger partial charge in [0.1, 0.15) is 0 Å². The molecule has 0 heterocycles. The normalized spacial score (nSPS) is 10.1. The Bertz CT molecular complexity index is 334. The second-order valence-electron chi connectivity index (χ2n) is 3.26. The first-order valence-electron chi connectivity index (χ1n) is 4.54. The number of aromatic carboxylic acids is 1. The molecular formula is C11H13BrO2. The Morgan fingerprint density at radius 1 is 1.50 bits per heavy atom. The number of benzene rings is 1. The second kappa shape index (κ2) is 5.15. The summed E-state index contributed by atoms with van der Waals surface area (Å²) in [4.78, 5) is 10.9. The lowest BCUT2D eigenvalue weighted by atomic mass is 10.0. The van der Waals surface area contributed by atoms with E-state index in [4.69, 9.17) is 5.11 Å². The van der Waals surface area contributed by atoms with Crippen LogP contribution in [0.5, 0.6) is 0 Å². The van der Waals surface area contributed by atoms with Crippen molar-refractivity contribution in [2.24, 2.45) is 0 Å². The van der Waals surface area contributed by atoms with E-state index in [1.807, 2.05) is 19.1 Å². The number of aryl methyl sites for hydroxylation is 2. The fourth-order valence-electron chi connectivity index (χ4n) is 1.40. The summed E-state index contributed by atoms with van der Waals surface area (Å²) in [6.45, 7) is 1.98. The summed E-state index contributed by atoms with van der Waals surface area (Å²) in [6.07, 6.45) is 1.78. The molecule has 0 radical (unpaired) electrons.